The summed E-state index contributed by atoms with van der Waals surface area (Å²) in [5, 5.41) is 20.4. The molecule has 0 atom stereocenters. The number of aromatic hydroxyl groups is 2. The van der Waals surface area contributed by atoms with E-state index in [1.54, 1.807) is 36.4 Å². The average Bonchev–Trinajstić information content (AvgIpc) is 2.96. The summed E-state index contributed by atoms with van der Waals surface area (Å²) in [5.74, 6) is 0.546. The number of carbonyl (C=O) groups excluding carboxylic acids is 1. The number of rotatable bonds is 0. The summed E-state index contributed by atoms with van der Waals surface area (Å²) >= 11 is 4.00. The quantitative estimate of drug-likeness (QED) is 0.292. The zero-order valence-corrected chi connectivity index (χ0v) is 17.8. The topological polar surface area (TPSA) is 76.0 Å². The molecule has 2 N–H and O–H groups in total. The molecule has 2 heterocycles. The molecule has 5 nitrogen and oxygen atoms in total. The van der Waals surface area contributed by atoms with Crippen LogP contribution in [0.1, 0.15) is 27.0 Å². The minimum atomic E-state index is -1.20. The normalized spacial score (nSPS) is 15.6. The number of hydrogen-bond donors (Lipinski definition) is 2. The van der Waals surface area contributed by atoms with Gasteiger partial charge in [0.05, 0.1) is 12.7 Å². The van der Waals surface area contributed by atoms with Crippen LogP contribution in [0.5, 0.6) is 23.0 Å². The summed E-state index contributed by atoms with van der Waals surface area (Å²) in [6.45, 7) is 0. The van der Waals surface area contributed by atoms with Crippen LogP contribution in [0.25, 0.3) is 0 Å². The van der Waals surface area contributed by atoms with Gasteiger partial charge in [0, 0.05) is 16.7 Å². The van der Waals surface area contributed by atoms with Crippen molar-refractivity contribution >= 4 is 51.2 Å². The molecule has 0 saturated heterocycles. The predicted molar refractivity (Wildman–Crippen MR) is 113 cm³/mol. The zero-order chi connectivity index (χ0) is 18.9. The van der Waals surface area contributed by atoms with Crippen molar-refractivity contribution in [2.45, 2.75) is 5.60 Å². The molecule has 3 aromatic rings. The van der Waals surface area contributed by atoms with Crippen LogP contribution in [0.2, 0.25) is 0 Å². The number of carbonyl (C=O) groups is 1. The van der Waals surface area contributed by atoms with E-state index in [2.05, 4.69) is 0 Å². The van der Waals surface area contributed by atoms with Gasteiger partial charge in [0.25, 0.3) is 0 Å². The molecule has 27 heavy (non-hydrogen) atoms. The summed E-state index contributed by atoms with van der Waals surface area (Å²) in [6.07, 6.45) is 0. The Bertz CT molecular complexity index is 1100. The Hall–Kier alpha value is -2.01. The first kappa shape index (κ1) is 17.1. The summed E-state index contributed by atoms with van der Waals surface area (Å²) in [7, 11) is 0. The number of phenolic OH excluding ortho intramolecular Hbond substituents is 2. The van der Waals surface area contributed by atoms with Crippen molar-refractivity contribution in [3.05, 3.63) is 77.9 Å². The highest BCUT2D eigenvalue weighted by atomic mass is 127. The van der Waals surface area contributed by atoms with Crippen molar-refractivity contribution in [2.75, 3.05) is 0 Å². The smallest absolute Gasteiger partial charge is 0.340 e. The van der Waals surface area contributed by atoms with Crippen LogP contribution in [0.4, 0.5) is 0 Å². The molecule has 0 amide bonds. The summed E-state index contributed by atoms with van der Waals surface area (Å²) < 4.78 is 13.1. The molecule has 2 aliphatic heterocycles. The molecular weight excluding hydrogens is 574 g/mol. The lowest BCUT2D eigenvalue weighted by Crippen LogP contribution is -2.33. The molecule has 0 radical (unpaired) electrons. The molecule has 1 spiro atoms. The second kappa shape index (κ2) is 5.74. The fourth-order valence-corrected chi connectivity index (χ4v) is 4.87. The monoisotopic (exact) mass is 584 g/mol. The van der Waals surface area contributed by atoms with Gasteiger partial charge in [-0.3, -0.25) is 0 Å². The maximum atomic E-state index is 12.7. The van der Waals surface area contributed by atoms with Gasteiger partial charge in [-0.05, 0) is 75.5 Å². The third-order valence-corrected chi connectivity index (χ3v) is 6.97. The highest BCUT2D eigenvalue weighted by Gasteiger charge is 2.54. The van der Waals surface area contributed by atoms with Crippen LogP contribution in [0, 0.1) is 7.14 Å². The van der Waals surface area contributed by atoms with Crippen LogP contribution in [-0.4, -0.2) is 16.2 Å². The number of hydrogen-bond acceptors (Lipinski definition) is 5. The molecule has 134 valence electrons. The van der Waals surface area contributed by atoms with Crippen molar-refractivity contribution in [2.24, 2.45) is 0 Å². The van der Waals surface area contributed by atoms with Gasteiger partial charge in [0.15, 0.2) is 17.1 Å². The van der Waals surface area contributed by atoms with Gasteiger partial charge in [-0.1, -0.05) is 18.2 Å². The standard InChI is InChI=1S/C20H10I2O5/c21-15-13(23)7-5-11-17(15)26-18-12(6-8-14(24)16(18)22)20(11)10-4-2-1-3-9(10)19(25)27-20/h1-8,23-24H. The number of phenols is 2. The Morgan fingerprint density at radius 1 is 0.778 bits per heavy atom. The first-order chi connectivity index (χ1) is 12.9. The van der Waals surface area contributed by atoms with Crippen LogP contribution >= 0.6 is 45.2 Å². The average molecular weight is 584 g/mol. The van der Waals surface area contributed by atoms with Crippen molar-refractivity contribution in [3.63, 3.8) is 0 Å². The number of esters is 1. The van der Waals surface area contributed by atoms with Crippen LogP contribution in [0.15, 0.2) is 48.5 Å². The highest BCUT2D eigenvalue weighted by Crippen LogP contribution is 2.59. The van der Waals surface area contributed by atoms with Gasteiger partial charge < -0.3 is 19.7 Å². The van der Waals surface area contributed by atoms with E-state index in [1.807, 2.05) is 57.3 Å². The van der Waals surface area contributed by atoms with Gasteiger partial charge in [-0.2, -0.15) is 0 Å². The van der Waals surface area contributed by atoms with E-state index < -0.39 is 11.6 Å². The van der Waals surface area contributed by atoms with E-state index in [1.165, 1.54) is 0 Å². The highest BCUT2D eigenvalue weighted by molar-refractivity contribution is 14.1. The summed E-state index contributed by atoms with van der Waals surface area (Å²) in [6, 6.07) is 13.8. The van der Waals surface area contributed by atoms with Crippen LogP contribution in [-0.2, 0) is 10.3 Å². The van der Waals surface area contributed by atoms with Crippen molar-refractivity contribution in [1.29, 1.82) is 0 Å². The van der Waals surface area contributed by atoms with Gasteiger partial charge >= 0.3 is 5.97 Å². The minimum absolute atomic E-state index is 0.0701. The van der Waals surface area contributed by atoms with Gasteiger partial charge in [0.2, 0.25) is 0 Å². The van der Waals surface area contributed by atoms with Gasteiger partial charge in [0.1, 0.15) is 11.5 Å². The minimum Gasteiger partial charge on any atom is -0.507 e. The number of fused-ring (bicyclic) bond motifs is 6. The van der Waals surface area contributed by atoms with E-state index in [0.29, 0.717) is 40.9 Å². The molecule has 0 aliphatic carbocycles. The molecule has 7 heteroatoms. The lowest BCUT2D eigenvalue weighted by molar-refractivity contribution is 0.0223. The first-order valence-corrected chi connectivity index (χ1v) is 10.2. The molecular formula is C20H10I2O5. The Balaban J connectivity index is 1.96. The maximum Gasteiger partial charge on any atom is 0.340 e. The lowest BCUT2D eigenvalue weighted by Gasteiger charge is -2.37. The fourth-order valence-electron chi connectivity index (χ4n) is 3.71. The zero-order valence-electron chi connectivity index (χ0n) is 13.5. The number of benzene rings is 3. The molecule has 5 rings (SSSR count). The molecule has 0 fully saturated rings. The van der Waals surface area contributed by atoms with Crippen molar-refractivity contribution < 1.29 is 24.5 Å². The Morgan fingerprint density at radius 3 is 1.93 bits per heavy atom. The largest absolute Gasteiger partial charge is 0.507 e. The fraction of sp³-hybridized carbons (Fsp3) is 0.0500. The molecule has 2 aliphatic rings. The van der Waals surface area contributed by atoms with Gasteiger partial charge in [-0.25, -0.2) is 4.79 Å². The second-order valence-corrected chi connectivity index (χ2v) is 8.43. The third-order valence-electron chi connectivity index (χ3n) is 4.89. The van der Waals surface area contributed by atoms with E-state index in [4.69, 9.17) is 9.47 Å². The van der Waals surface area contributed by atoms with Crippen molar-refractivity contribution in [3.8, 4) is 23.0 Å². The number of halogens is 2. The SMILES string of the molecule is O=C1OC2(c3ccccc31)c1ccc(O)c(I)c1Oc1c2ccc(O)c1I. The first-order valence-electron chi connectivity index (χ1n) is 7.99. The van der Waals surface area contributed by atoms with Crippen molar-refractivity contribution in [1.82, 2.24) is 0 Å². The Morgan fingerprint density at radius 2 is 1.33 bits per heavy atom. The molecule has 3 aromatic carbocycles. The number of ether oxygens (including phenoxy) is 2. The predicted octanol–water partition coefficient (Wildman–Crippen LogP) is 4.88. The summed E-state index contributed by atoms with van der Waals surface area (Å²) in [4.78, 5) is 12.7. The van der Waals surface area contributed by atoms with E-state index >= 15 is 0 Å². The van der Waals surface area contributed by atoms with E-state index in [-0.39, 0.29) is 11.5 Å². The van der Waals surface area contributed by atoms with Crippen LogP contribution in [0.3, 0.4) is 0 Å². The Kier molecular flexibility index (Phi) is 3.64. The molecule has 0 saturated carbocycles. The summed E-state index contributed by atoms with van der Waals surface area (Å²) in [5.41, 5.74) is 1.28. The third kappa shape index (κ3) is 2.12. The van der Waals surface area contributed by atoms with E-state index in [9.17, 15) is 15.0 Å². The maximum absolute atomic E-state index is 12.7. The van der Waals surface area contributed by atoms with Crippen LogP contribution < -0.4 is 4.74 Å². The van der Waals surface area contributed by atoms with Gasteiger partial charge in [-0.15, -0.1) is 0 Å². The molecule has 0 unspecified atom stereocenters. The molecule has 0 aromatic heterocycles. The Labute approximate surface area is 181 Å². The lowest BCUT2D eigenvalue weighted by atomic mass is 9.77. The molecule has 0 bridgehead atoms. The van der Waals surface area contributed by atoms with E-state index in [0.717, 1.165) is 0 Å². The second-order valence-electron chi connectivity index (χ2n) is 6.27.